The molecule has 1 aromatic carbocycles. The zero-order chi connectivity index (χ0) is 11.7. The van der Waals surface area contributed by atoms with E-state index in [4.69, 9.17) is 16.3 Å². The topological polar surface area (TPSA) is 59.2 Å². The van der Waals surface area contributed by atoms with Gasteiger partial charge in [-0.1, -0.05) is 11.6 Å². The normalized spacial score (nSPS) is 10.4. The lowest BCUT2D eigenvalue weighted by Crippen LogP contribution is -2.11. The van der Waals surface area contributed by atoms with Gasteiger partial charge < -0.3 is 9.72 Å². The van der Waals surface area contributed by atoms with E-state index >= 15 is 0 Å². The molecule has 1 heterocycles. The predicted molar refractivity (Wildman–Crippen MR) is 61.5 cm³/mol. The summed E-state index contributed by atoms with van der Waals surface area (Å²) in [6.45, 7) is 0. The number of ether oxygens (including phenoxy) is 1. The van der Waals surface area contributed by atoms with E-state index in [0.717, 1.165) is 0 Å². The van der Waals surface area contributed by atoms with Gasteiger partial charge in [0.25, 0.3) is 5.56 Å². The molecule has 0 aliphatic carbocycles. The van der Waals surface area contributed by atoms with Crippen LogP contribution in [0, 0.1) is 0 Å². The molecule has 1 N–H and O–H groups in total. The average Bonchev–Trinajstić information content (AvgIpc) is 2.28. The van der Waals surface area contributed by atoms with E-state index in [2.05, 4.69) is 4.98 Å². The van der Waals surface area contributed by atoms with Gasteiger partial charge in [-0.05, 0) is 12.1 Å². The summed E-state index contributed by atoms with van der Waals surface area (Å²) in [5.74, 6) is 0.476. The molecule has 1 aromatic heterocycles. The Balaban J connectivity index is 2.81. The first-order chi connectivity index (χ1) is 7.65. The fourth-order valence-electron chi connectivity index (χ4n) is 1.47. The summed E-state index contributed by atoms with van der Waals surface area (Å²) < 4.78 is 5.03. The molecule has 0 aliphatic heterocycles. The van der Waals surface area contributed by atoms with Crippen LogP contribution in [-0.4, -0.2) is 18.4 Å². The highest BCUT2D eigenvalue weighted by Crippen LogP contribution is 2.28. The van der Waals surface area contributed by atoms with E-state index in [1.54, 1.807) is 12.1 Å². The highest BCUT2D eigenvalue weighted by Gasteiger charge is 2.06. The molecular weight excluding hydrogens is 230 g/mol. The summed E-state index contributed by atoms with van der Waals surface area (Å²) in [7, 11) is 1.49. The second-order valence-corrected chi connectivity index (χ2v) is 3.65. The van der Waals surface area contributed by atoms with Gasteiger partial charge in [0.15, 0.2) is 6.29 Å². The van der Waals surface area contributed by atoms with Crippen LogP contribution in [0.5, 0.6) is 5.75 Å². The Morgan fingerprint density at radius 3 is 2.75 bits per heavy atom. The van der Waals surface area contributed by atoms with E-state index in [0.29, 0.717) is 28.0 Å². The van der Waals surface area contributed by atoms with Crippen molar-refractivity contribution in [1.29, 1.82) is 0 Å². The van der Waals surface area contributed by atoms with Gasteiger partial charge in [0.2, 0.25) is 0 Å². The number of benzene rings is 1. The van der Waals surface area contributed by atoms with E-state index in [1.807, 2.05) is 0 Å². The number of halogens is 1. The number of hydrogen-bond donors (Lipinski definition) is 1. The molecule has 5 heteroatoms. The minimum atomic E-state index is -0.424. The van der Waals surface area contributed by atoms with Crippen LogP contribution in [0.4, 0.5) is 0 Å². The van der Waals surface area contributed by atoms with Crippen LogP contribution < -0.4 is 10.3 Å². The number of aromatic amines is 1. The van der Waals surface area contributed by atoms with Crippen LogP contribution in [0.1, 0.15) is 10.4 Å². The van der Waals surface area contributed by atoms with Crippen LogP contribution >= 0.6 is 11.6 Å². The van der Waals surface area contributed by atoms with Crippen molar-refractivity contribution in [3.8, 4) is 5.75 Å². The van der Waals surface area contributed by atoms with Crippen molar-refractivity contribution in [1.82, 2.24) is 4.98 Å². The third-order valence-corrected chi connectivity index (χ3v) is 2.57. The molecule has 0 radical (unpaired) electrons. The lowest BCUT2D eigenvalue weighted by molar-refractivity contribution is 0.112. The van der Waals surface area contributed by atoms with Crippen molar-refractivity contribution in [3.63, 3.8) is 0 Å². The number of carbonyl (C=O) groups is 1. The first kappa shape index (κ1) is 10.7. The summed E-state index contributed by atoms with van der Waals surface area (Å²) in [6, 6.07) is 4.75. The zero-order valence-electron chi connectivity index (χ0n) is 8.41. The molecule has 0 saturated heterocycles. The minimum Gasteiger partial charge on any atom is -0.495 e. The lowest BCUT2D eigenvalue weighted by atomic mass is 10.1. The van der Waals surface area contributed by atoms with Crippen LogP contribution in [0.2, 0.25) is 5.02 Å². The summed E-state index contributed by atoms with van der Waals surface area (Å²) in [5.41, 5.74) is 0.234. The van der Waals surface area contributed by atoms with Crippen molar-refractivity contribution in [2.75, 3.05) is 7.11 Å². The van der Waals surface area contributed by atoms with E-state index in [-0.39, 0.29) is 5.56 Å². The highest BCUT2D eigenvalue weighted by atomic mass is 35.5. The fraction of sp³-hybridized carbons (Fsp3) is 0.0909. The fourth-order valence-corrected chi connectivity index (χ4v) is 1.72. The molecule has 2 aromatic rings. The molecule has 0 fully saturated rings. The van der Waals surface area contributed by atoms with Crippen LogP contribution in [0.15, 0.2) is 23.0 Å². The Labute approximate surface area is 95.8 Å². The number of aldehydes is 1. The number of carbonyl (C=O) groups excluding carboxylic acids is 1. The van der Waals surface area contributed by atoms with Crippen molar-refractivity contribution in [3.05, 3.63) is 39.1 Å². The Kier molecular flexibility index (Phi) is 2.66. The molecular formula is C11H8ClNO3. The highest BCUT2D eigenvalue weighted by molar-refractivity contribution is 6.32. The number of pyridine rings is 1. The molecule has 4 nitrogen and oxygen atoms in total. The summed E-state index contributed by atoms with van der Waals surface area (Å²) in [6.07, 6.45) is 0.510. The quantitative estimate of drug-likeness (QED) is 0.813. The van der Waals surface area contributed by atoms with Crippen molar-refractivity contribution in [2.24, 2.45) is 0 Å². The third kappa shape index (κ3) is 1.67. The molecule has 0 amide bonds. The standard InChI is InChI=1S/C11H8ClNO3/c1-16-10-4-9-6(3-8(10)12)2-7(5-14)11(15)13-9/h2-5H,1H3,(H,13,15). The maximum absolute atomic E-state index is 11.4. The number of methoxy groups -OCH3 is 1. The lowest BCUT2D eigenvalue weighted by Gasteiger charge is -2.05. The van der Waals surface area contributed by atoms with Crippen molar-refractivity contribution in [2.45, 2.75) is 0 Å². The number of rotatable bonds is 2. The van der Waals surface area contributed by atoms with E-state index < -0.39 is 5.56 Å². The van der Waals surface area contributed by atoms with Gasteiger partial charge in [-0.25, -0.2) is 0 Å². The molecule has 0 aliphatic rings. The van der Waals surface area contributed by atoms with Gasteiger partial charge in [0.1, 0.15) is 5.75 Å². The molecule has 2 rings (SSSR count). The van der Waals surface area contributed by atoms with E-state index in [9.17, 15) is 9.59 Å². The molecule has 0 saturated carbocycles. The Morgan fingerprint density at radius 2 is 2.12 bits per heavy atom. The number of fused-ring (bicyclic) bond motifs is 1. The first-order valence-corrected chi connectivity index (χ1v) is 4.89. The molecule has 0 unspecified atom stereocenters. The monoisotopic (exact) mass is 237 g/mol. The van der Waals surface area contributed by atoms with Crippen LogP contribution in [0.3, 0.4) is 0 Å². The van der Waals surface area contributed by atoms with Gasteiger partial charge in [-0.2, -0.15) is 0 Å². The zero-order valence-corrected chi connectivity index (χ0v) is 9.17. The third-order valence-electron chi connectivity index (χ3n) is 2.27. The Bertz CT molecular complexity index is 618. The van der Waals surface area contributed by atoms with Gasteiger partial charge in [-0.3, -0.25) is 9.59 Å². The van der Waals surface area contributed by atoms with Gasteiger partial charge in [0.05, 0.1) is 23.2 Å². The summed E-state index contributed by atoms with van der Waals surface area (Å²) >= 11 is 5.93. The van der Waals surface area contributed by atoms with Gasteiger partial charge in [-0.15, -0.1) is 0 Å². The Morgan fingerprint density at radius 1 is 1.38 bits per heavy atom. The molecule has 0 bridgehead atoms. The maximum Gasteiger partial charge on any atom is 0.259 e. The molecule has 0 spiro atoms. The molecule has 82 valence electrons. The van der Waals surface area contributed by atoms with Gasteiger partial charge >= 0.3 is 0 Å². The number of hydrogen-bond acceptors (Lipinski definition) is 3. The van der Waals surface area contributed by atoms with Crippen LogP contribution in [0.25, 0.3) is 10.9 Å². The molecule has 16 heavy (non-hydrogen) atoms. The van der Waals surface area contributed by atoms with Crippen molar-refractivity contribution >= 4 is 28.8 Å². The van der Waals surface area contributed by atoms with Crippen LogP contribution in [-0.2, 0) is 0 Å². The van der Waals surface area contributed by atoms with E-state index in [1.165, 1.54) is 13.2 Å². The smallest absolute Gasteiger partial charge is 0.259 e. The largest absolute Gasteiger partial charge is 0.495 e. The predicted octanol–water partition coefficient (Wildman–Crippen LogP) is 2.00. The van der Waals surface area contributed by atoms with Crippen molar-refractivity contribution < 1.29 is 9.53 Å². The Hall–Kier alpha value is -1.81. The number of nitrogens with one attached hydrogen (secondary N) is 1. The molecule has 0 atom stereocenters. The second-order valence-electron chi connectivity index (χ2n) is 3.25. The maximum atomic E-state index is 11.4. The SMILES string of the molecule is COc1cc2[nH]c(=O)c(C=O)cc2cc1Cl. The number of H-pyrrole nitrogens is 1. The average molecular weight is 238 g/mol. The first-order valence-electron chi connectivity index (χ1n) is 4.51. The summed E-state index contributed by atoms with van der Waals surface area (Å²) in [5, 5.41) is 1.12. The minimum absolute atomic E-state index is 0.0775. The van der Waals surface area contributed by atoms with Gasteiger partial charge in [0, 0.05) is 11.5 Å². The number of aromatic nitrogens is 1. The second kappa shape index (κ2) is 3.98. The summed E-state index contributed by atoms with van der Waals surface area (Å²) in [4.78, 5) is 24.6.